The van der Waals surface area contributed by atoms with E-state index in [1.54, 1.807) is 24.3 Å². The van der Waals surface area contributed by atoms with E-state index < -0.39 is 33.8 Å². The van der Waals surface area contributed by atoms with Gasteiger partial charge in [0.15, 0.2) is 0 Å². The van der Waals surface area contributed by atoms with Crippen LogP contribution in [0.1, 0.15) is 27.5 Å². The summed E-state index contributed by atoms with van der Waals surface area (Å²) in [7, 11) is 0. The van der Waals surface area contributed by atoms with Crippen LogP contribution in [0.25, 0.3) is 0 Å². The van der Waals surface area contributed by atoms with Crippen LogP contribution in [-0.4, -0.2) is 27.0 Å². The fourth-order valence-corrected chi connectivity index (χ4v) is 7.78. The van der Waals surface area contributed by atoms with Gasteiger partial charge in [-0.15, -0.1) is 0 Å². The molecule has 40 heavy (non-hydrogen) atoms. The molecule has 4 aromatic rings. The van der Waals surface area contributed by atoms with E-state index in [0.717, 1.165) is 39.1 Å². The molecule has 0 saturated carbocycles. The van der Waals surface area contributed by atoms with Crippen LogP contribution < -0.4 is 14.5 Å². The summed E-state index contributed by atoms with van der Waals surface area (Å²) in [6.07, 6.45) is 0. The number of ether oxygens (including phenoxy) is 1. The van der Waals surface area contributed by atoms with Gasteiger partial charge in [0.25, 0.3) is 5.69 Å². The number of aromatic nitrogens is 1. The summed E-state index contributed by atoms with van der Waals surface area (Å²) in [6.45, 7) is 2.14. The number of anilines is 1. The molecule has 3 aromatic carbocycles. The van der Waals surface area contributed by atoms with Crippen LogP contribution in [0.2, 0.25) is 5.02 Å². The molecule has 2 unspecified atom stereocenters. The van der Waals surface area contributed by atoms with Crippen LogP contribution in [-0.2, 0) is 16.2 Å². The van der Waals surface area contributed by atoms with E-state index in [9.17, 15) is 24.5 Å². The summed E-state index contributed by atoms with van der Waals surface area (Å²) in [5.74, 6) is -2.31. The summed E-state index contributed by atoms with van der Waals surface area (Å²) in [5.41, 5.74) is 2.50. The molecule has 2 aliphatic rings. The Hall–Kier alpha value is -3.93. The molecule has 3 heterocycles. The third kappa shape index (κ3) is 4.49. The van der Waals surface area contributed by atoms with Gasteiger partial charge in [0.05, 0.1) is 21.6 Å². The maximum atomic E-state index is 14.0. The van der Waals surface area contributed by atoms with Gasteiger partial charge in [-0.2, -0.15) is 0 Å². The van der Waals surface area contributed by atoms with E-state index in [1.807, 2.05) is 31.2 Å². The first-order valence-electron chi connectivity index (χ1n) is 12.2. The summed E-state index contributed by atoms with van der Waals surface area (Å²) >= 11 is 8.08. The average Bonchev–Trinajstić information content (AvgIpc) is 3.43. The number of imide groups is 1. The van der Waals surface area contributed by atoms with Crippen LogP contribution in [0.15, 0.2) is 76.6 Å². The lowest BCUT2D eigenvalue weighted by atomic mass is 9.82. The number of carbonyl (C=O) groups excluding carboxylic acids is 2. The first-order valence-corrected chi connectivity index (χ1v) is 14.3. The standard InChI is InChI=1S/C28H20ClN3O6S2/c1-14-4-2-3-5-15(14)13-38-20-11-10-18(32(36)37)12-19(20)21-22-24(39-25-23(21)40-28(35)30-25)27(34)31(26(22)33)17-8-6-16(29)7-9-17/h2-12,21-22,24H,13H2,1H3,(H,30,35)/t21-,22?,24?/m1/s1. The fraction of sp³-hybridized carbons (Fsp3) is 0.179. The molecule has 2 amide bonds. The number of fused-ring (bicyclic) bond motifs is 2. The zero-order chi connectivity index (χ0) is 28.1. The van der Waals surface area contributed by atoms with Gasteiger partial charge in [0, 0.05) is 33.5 Å². The van der Waals surface area contributed by atoms with Crippen molar-refractivity contribution >= 4 is 57.9 Å². The summed E-state index contributed by atoms with van der Waals surface area (Å²) in [6, 6.07) is 18.3. The predicted molar refractivity (Wildman–Crippen MR) is 152 cm³/mol. The molecule has 6 rings (SSSR count). The van der Waals surface area contributed by atoms with Gasteiger partial charge in [-0.05, 0) is 48.4 Å². The summed E-state index contributed by atoms with van der Waals surface area (Å²) in [5, 5.41) is 11.9. The summed E-state index contributed by atoms with van der Waals surface area (Å²) < 4.78 is 6.21. The van der Waals surface area contributed by atoms with Crippen molar-refractivity contribution in [2.75, 3.05) is 4.90 Å². The number of nitro groups is 1. The van der Waals surface area contributed by atoms with Gasteiger partial charge in [0.1, 0.15) is 17.6 Å². The Bertz CT molecular complexity index is 1730. The molecule has 202 valence electrons. The number of nitro benzene ring substituents is 1. The van der Waals surface area contributed by atoms with E-state index in [0.29, 0.717) is 31.9 Å². The Morgan fingerprint density at radius 1 is 1.05 bits per heavy atom. The molecule has 0 aliphatic carbocycles. The van der Waals surface area contributed by atoms with Crippen LogP contribution >= 0.6 is 34.7 Å². The molecule has 12 heteroatoms. The molecule has 9 nitrogen and oxygen atoms in total. The number of nitrogens with zero attached hydrogens (tertiary/aromatic N) is 2. The van der Waals surface area contributed by atoms with Gasteiger partial charge in [-0.3, -0.25) is 24.5 Å². The first-order chi connectivity index (χ1) is 19.2. The molecule has 1 fully saturated rings. The number of thioether (sulfide) groups is 1. The van der Waals surface area contributed by atoms with Crippen molar-refractivity contribution in [3.8, 4) is 5.75 Å². The highest BCUT2D eigenvalue weighted by Gasteiger charge is 2.57. The molecular weight excluding hydrogens is 574 g/mol. The minimum absolute atomic E-state index is 0.188. The Morgan fingerprint density at radius 2 is 1.80 bits per heavy atom. The fourth-order valence-electron chi connectivity index (χ4n) is 5.15. The number of rotatable bonds is 6. The lowest BCUT2D eigenvalue weighted by Gasteiger charge is -2.30. The van der Waals surface area contributed by atoms with Crippen LogP contribution in [0.4, 0.5) is 11.4 Å². The second-order valence-electron chi connectivity index (χ2n) is 9.43. The van der Waals surface area contributed by atoms with Crippen LogP contribution in [0.5, 0.6) is 5.75 Å². The average molecular weight is 594 g/mol. The predicted octanol–water partition coefficient (Wildman–Crippen LogP) is 5.68. The molecule has 0 radical (unpaired) electrons. The molecular formula is C28H20ClN3O6S2. The number of aromatic amines is 1. The Kier molecular flexibility index (Phi) is 6.73. The Balaban J connectivity index is 1.48. The smallest absolute Gasteiger partial charge is 0.305 e. The highest BCUT2D eigenvalue weighted by atomic mass is 35.5. The zero-order valence-corrected chi connectivity index (χ0v) is 23.2. The van der Waals surface area contributed by atoms with Crippen molar-refractivity contribution in [2.24, 2.45) is 5.92 Å². The van der Waals surface area contributed by atoms with Crippen molar-refractivity contribution in [3.63, 3.8) is 0 Å². The molecule has 3 atom stereocenters. The number of non-ortho nitro benzene ring substituents is 1. The van der Waals surface area contributed by atoms with E-state index >= 15 is 0 Å². The van der Waals surface area contributed by atoms with Crippen molar-refractivity contribution in [3.05, 3.63) is 113 Å². The number of thiazole rings is 1. The maximum Gasteiger partial charge on any atom is 0.305 e. The lowest BCUT2D eigenvalue weighted by Crippen LogP contribution is -2.32. The van der Waals surface area contributed by atoms with E-state index in [1.165, 1.54) is 18.2 Å². The van der Waals surface area contributed by atoms with Crippen molar-refractivity contribution in [1.82, 2.24) is 4.98 Å². The third-order valence-electron chi connectivity index (χ3n) is 7.09. The Labute approximate surface area is 240 Å². The van der Waals surface area contributed by atoms with Crippen molar-refractivity contribution < 1.29 is 19.2 Å². The van der Waals surface area contributed by atoms with E-state index in [4.69, 9.17) is 16.3 Å². The van der Waals surface area contributed by atoms with Gasteiger partial charge < -0.3 is 9.72 Å². The second kappa shape index (κ2) is 10.2. The number of hydrogen-bond donors (Lipinski definition) is 1. The molecule has 1 saturated heterocycles. The zero-order valence-electron chi connectivity index (χ0n) is 20.8. The largest absolute Gasteiger partial charge is 0.489 e. The van der Waals surface area contributed by atoms with Gasteiger partial charge in [-0.25, -0.2) is 4.90 Å². The number of amides is 2. The van der Waals surface area contributed by atoms with Crippen LogP contribution in [0, 0.1) is 23.0 Å². The minimum Gasteiger partial charge on any atom is -0.489 e. The number of H-pyrrole nitrogens is 1. The number of hydrogen-bond acceptors (Lipinski definition) is 8. The normalized spacial score (nSPS) is 19.9. The molecule has 1 N–H and O–H groups in total. The molecule has 0 spiro atoms. The number of halogens is 1. The van der Waals surface area contributed by atoms with Crippen molar-refractivity contribution in [2.45, 2.75) is 29.7 Å². The quantitative estimate of drug-likeness (QED) is 0.173. The van der Waals surface area contributed by atoms with Crippen molar-refractivity contribution in [1.29, 1.82) is 0 Å². The Morgan fingerprint density at radius 3 is 2.52 bits per heavy atom. The third-order valence-corrected chi connectivity index (χ3v) is 9.75. The van der Waals surface area contributed by atoms with E-state index in [2.05, 4.69) is 4.98 Å². The number of aryl methyl sites for hydroxylation is 1. The maximum absolute atomic E-state index is 14.0. The number of benzene rings is 3. The highest BCUT2D eigenvalue weighted by Crippen LogP contribution is 2.55. The minimum atomic E-state index is -0.921. The number of nitrogens with one attached hydrogen (secondary N) is 1. The molecule has 1 aromatic heterocycles. The molecule has 2 aliphatic heterocycles. The van der Waals surface area contributed by atoms with Gasteiger partial charge in [0.2, 0.25) is 11.8 Å². The number of carbonyl (C=O) groups is 2. The van der Waals surface area contributed by atoms with Crippen LogP contribution in [0.3, 0.4) is 0 Å². The van der Waals surface area contributed by atoms with E-state index in [-0.39, 0.29) is 17.2 Å². The SMILES string of the molecule is Cc1ccccc1COc1ccc([N+](=O)[O-])cc1[C@H]1c2sc(=O)[nH]c2SC2C(=O)N(c3ccc(Cl)cc3)C(=O)C21. The van der Waals surface area contributed by atoms with Gasteiger partial charge in [-0.1, -0.05) is 59.0 Å². The topological polar surface area (TPSA) is 123 Å². The first kappa shape index (κ1) is 26.3. The monoisotopic (exact) mass is 593 g/mol. The lowest BCUT2D eigenvalue weighted by molar-refractivity contribution is -0.385. The highest BCUT2D eigenvalue weighted by molar-refractivity contribution is 8.00. The second-order valence-corrected chi connectivity index (χ2v) is 12.0. The van der Waals surface area contributed by atoms with Gasteiger partial charge >= 0.3 is 4.87 Å². The summed E-state index contributed by atoms with van der Waals surface area (Å²) in [4.78, 5) is 55.5. The molecule has 0 bridgehead atoms.